The lowest BCUT2D eigenvalue weighted by molar-refractivity contribution is -0.594. The van der Waals surface area contributed by atoms with Crippen LogP contribution in [0.25, 0.3) is 4.85 Å². The van der Waals surface area contributed by atoms with Crippen LogP contribution in [0.1, 0.15) is 0 Å². The molecule has 14 heavy (non-hydrogen) atoms. The fraction of sp³-hybridized carbons (Fsp3) is 0.375. The maximum atomic E-state index is 11.1. The Morgan fingerprint density at radius 3 is 2.43 bits per heavy atom. The van der Waals surface area contributed by atoms with Crippen LogP contribution in [-0.2, 0) is 9.59 Å². The van der Waals surface area contributed by atoms with E-state index in [1.165, 1.54) is 0 Å². The van der Waals surface area contributed by atoms with Gasteiger partial charge in [0.05, 0.1) is 12.1 Å². The molecule has 6 heteroatoms. The third-order valence-corrected chi connectivity index (χ3v) is 2.02. The molecule has 0 radical (unpaired) electrons. The Balaban J connectivity index is 3.00. The van der Waals surface area contributed by atoms with E-state index in [4.69, 9.17) is 17.1 Å². The summed E-state index contributed by atoms with van der Waals surface area (Å²) in [6, 6.07) is 1.26. The Hall–Kier alpha value is -2.23. The molecule has 0 saturated carbocycles. The quantitative estimate of drug-likeness (QED) is 0.379. The Kier molecular flexibility index (Phi) is 2.57. The van der Waals surface area contributed by atoms with Crippen LogP contribution in [-0.4, -0.2) is 23.8 Å². The lowest BCUT2D eigenvalue weighted by atomic mass is 9.97. The van der Waals surface area contributed by atoms with E-state index >= 15 is 0 Å². The standard InChI is InChI=1S/C8H4N4O2/c1-11-6-5(4(2-9)3-10)12-8(14)7(6)13/h4-6H,(H,12,14)/p+1. The van der Waals surface area contributed by atoms with Gasteiger partial charge < -0.3 is 0 Å². The zero-order valence-corrected chi connectivity index (χ0v) is 6.97. The van der Waals surface area contributed by atoms with Crippen LogP contribution in [0.5, 0.6) is 0 Å². The van der Waals surface area contributed by atoms with E-state index in [-0.39, 0.29) is 0 Å². The van der Waals surface area contributed by atoms with Gasteiger partial charge in [-0.3, -0.25) is 15.0 Å². The summed E-state index contributed by atoms with van der Waals surface area (Å²) in [5.41, 5.74) is 0. The smallest absolute Gasteiger partial charge is 0.298 e. The van der Waals surface area contributed by atoms with Crippen molar-refractivity contribution < 1.29 is 14.9 Å². The van der Waals surface area contributed by atoms with Crippen molar-refractivity contribution in [2.24, 2.45) is 5.92 Å². The Bertz CT molecular complexity index is 395. The van der Waals surface area contributed by atoms with Gasteiger partial charge in [-0.15, -0.1) is 0 Å². The summed E-state index contributed by atoms with van der Waals surface area (Å²) in [5, 5.41) is 18.1. The van der Waals surface area contributed by atoms with Gasteiger partial charge >= 0.3 is 17.7 Å². The Morgan fingerprint density at radius 1 is 1.43 bits per heavy atom. The first kappa shape index (κ1) is 9.85. The molecule has 2 unspecified atom stereocenters. The average Bonchev–Trinajstić information content (AvgIpc) is 2.45. The van der Waals surface area contributed by atoms with E-state index in [1.807, 2.05) is 0 Å². The molecule has 1 saturated heterocycles. The van der Waals surface area contributed by atoms with Crippen molar-refractivity contribution in [2.45, 2.75) is 12.1 Å². The third-order valence-electron chi connectivity index (χ3n) is 2.02. The summed E-state index contributed by atoms with van der Waals surface area (Å²) in [4.78, 5) is 25.0. The zero-order chi connectivity index (χ0) is 10.7. The highest BCUT2D eigenvalue weighted by Crippen LogP contribution is 2.11. The molecule has 1 rings (SSSR count). The fourth-order valence-corrected chi connectivity index (χ4v) is 1.29. The highest BCUT2D eigenvalue weighted by atomic mass is 16.2. The lowest BCUT2D eigenvalue weighted by Gasteiger charge is -2.03. The first-order valence-corrected chi connectivity index (χ1v) is 3.74. The second-order valence-electron chi connectivity index (χ2n) is 2.78. The van der Waals surface area contributed by atoms with Crippen LogP contribution >= 0.6 is 0 Å². The summed E-state index contributed by atoms with van der Waals surface area (Å²) < 4.78 is 0. The molecule has 0 aromatic carbocycles. The van der Waals surface area contributed by atoms with Gasteiger partial charge in [0.25, 0.3) is 0 Å². The molecule has 2 N–H and O–H groups in total. The van der Waals surface area contributed by atoms with E-state index < -0.39 is 29.7 Å². The maximum absolute atomic E-state index is 11.1. The molecule has 0 aromatic heterocycles. The topological polar surface area (TPSA) is 103 Å². The summed E-state index contributed by atoms with van der Waals surface area (Å²) in [6.07, 6.45) is 0. The second-order valence-corrected chi connectivity index (χ2v) is 2.78. The molecular formula is C8H5N4O2+. The number of nitriles is 2. The number of hydrogen-bond donors (Lipinski definition) is 1. The average molecular weight is 189 g/mol. The highest BCUT2D eigenvalue weighted by Gasteiger charge is 2.55. The van der Waals surface area contributed by atoms with E-state index in [2.05, 4.69) is 4.85 Å². The van der Waals surface area contributed by atoms with Gasteiger partial charge in [0.2, 0.25) is 6.04 Å². The monoisotopic (exact) mass is 189 g/mol. The summed E-state index contributed by atoms with van der Waals surface area (Å²) >= 11 is 0. The van der Waals surface area contributed by atoms with Gasteiger partial charge in [0.1, 0.15) is 0 Å². The first-order chi connectivity index (χ1) is 6.65. The molecule has 1 fully saturated rings. The van der Waals surface area contributed by atoms with Crippen LogP contribution < -0.4 is 5.32 Å². The first-order valence-electron chi connectivity index (χ1n) is 3.74. The third kappa shape index (κ3) is 1.33. The van der Waals surface area contributed by atoms with Crippen molar-refractivity contribution in [3.63, 3.8) is 0 Å². The number of nitrogens with two attached hydrogens (primary N) is 1. The van der Waals surface area contributed by atoms with Gasteiger partial charge in [-0.1, -0.05) is 0 Å². The van der Waals surface area contributed by atoms with E-state index in [0.717, 1.165) is 5.32 Å². The summed E-state index contributed by atoms with van der Waals surface area (Å²) in [7, 11) is 0. The summed E-state index contributed by atoms with van der Waals surface area (Å²) in [5.74, 6) is -2.70. The van der Waals surface area contributed by atoms with Gasteiger partial charge in [0.15, 0.2) is 5.92 Å². The predicted octanol–water partition coefficient (Wildman–Crippen LogP) is -2.02. The fourth-order valence-electron chi connectivity index (χ4n) is 1.29. The number of primary amides is 1. The number of Topliss-reactive ketones (excluding diaryl/α,β-unsaturated/α-hetero) is 1. The van der Waals surface area contributed by atoms with Crippen LogP contribution in [0.15, 0.2) is 0 Å². The van der Waals surface area contributed by atoms with E-state index in [0.29, 0.717) is 0 Å². The minimum atomic E-state index is -1.19. The minimum absolute atomic E-state index is 0.772. The number of amides is 1. The van der Waals surface area contributed by atoms with Gasteiger partial charge in [-0.2, -0.15) is 10.5 Å². The molecule has 2 atom stereocenters. The normalized spacial score (nSPS) is 25.6. The van der Waals surface area contributed by atoms with E-state index in [9.17, 15) is 9.59 Å². The number of ketones is 1. The van der Waals surface area contributed by atoms with Crippen LogP contribution in [0.2, 0.25) is 0 Å². The molecule has 0 aliphatic carbocycles. The van der Waals surface area contributed by atoms with Crippen molar-refractivity contribution >= 4 is 11.7 Å². The number of carbonyl (C=O) groups is 2. The van der Waals surface area contributed by atoms with Crippen molar-refractivity contribution in [1.29, 1.82) is 10.5 Å². The molecule has 1 aliphatic heterocycles. The lowest BCUT2D eigenvalue weighted by Crippen LogP contribution is -2.92. The van der Waals surface area contributed by atoms with Gasteiger partial charge in [0, 0.05) is 0 Å². The van der Waals surface area contributed by atoms with Crippen molar-refractivity contribution in [1.82, 2.24) is 0 Å². The molecule has 6 nitrogen and oxygen atoms in total. The molecular weight excluding hydrogens is 184 g/mol. The molecule has 1 aliphatic rings. The Morgan fingerprint density at radius 2 is 2.00 bits per heavy atom. The van der Waals surface area contributed by atoms with Gasteiger partial charge in [-0.25, -0.2) is 11.4 Å². The van der Waals surface area contributed by atoms with Crippen molar-refractivity contribution in [3.05, 3.63) is 11.4 Å². The minimum Gasteiger partial charge on any atom is -0.298 e. The summed E-state index contributed by atoms with van der Waals surface area (Å²) in [6.45, 7) is 6.71. The second kappa shape index (κ2) is 3.66. The molecule has 0 spiro atoms. The van der Waals surface area contributed by atoms with E-state index in [1.54, 1.807) is 12.1 Å². The SMILES string of the molecule is [C-]#[N+]C1C(=O)C(=O)[NH2+]C1C(C#N)C#N. The Labute approximate surface area is 79.5 Å². The van der Waals surface area contributed by atoms with Crippen molar-refractivity contribution in [3.8, 4) is 12.1 Å². The number of rotatable bonds is 1. The largest absolute Gasteiger partial charge is 0.387 e. The van der Waals surface area contributed by atoms with Gasteiger partial charge in [-0.05, 0) is 0 Å². The molecule has 0 bridgehead atoms. The molecule has 0 aromatic rings. The number of carbonyl (C=O) groups excluding carboxylic acids is 2. The highest BCUT2D eigenvalue weighted by molar-refractivity contribution is 6.36. The number of hydrogen-bond acceptors (Lipinski definition) is 4. The van der Waals surface area contributed by atoms with Crippen LogP contribution in [0, 0.1) is 35.2 Å². The predicted molar refractivity (Wildman–Crippen MR) is 40.8 cm³/mol. The molecule has 1 amide bonds. The molecule has 68 valence electrons. The van der Waals surface area contributed by atoms with Crippen LogP contribution in [0.4, 0.5) is 0 Å². The maximum Gasteiger partial charge on any atom is 0.387 e. The number of quaternary nitrogens is 1. The number of nitrogens with zero attached hydrogens (tertiary/aromatic N) is 3. The molecule has 1 heterocycles. The zero-order valence-electron chi connectivity index (χ0n) is 6.97. The van der Waals surface area contributed by atoms with Crippen LogP contribution in [0.3, 0.4) is 0 Å². The van der Waals surface area contributed by atoms with Crippen molar-refractivity contribution in [2.75, 3.05) is 0 Å².